The molecule has 0 saturated carbocycles. The number of amides is 1. The Labute approximate surface area is 119 Å². The first kappa shape index (κ1) is 16.2. The summed E-state index contributed by atoms with van der Waals surface area (Å²) in [5.74, 6) is -0.525. The van der Waals surface area contributed by atoms with Gasteiger partial charge >= 0.3 is 0 Å². The van der Waals surface area contributed by atoms with Crippen molar-refractivity contribution in [3.8, 4) is 6.07 Å². The molecule has 6 heteroatoms. The van der Waals surface area contributed by atoms with Crippen LogP contribution < -0.4 is 0 Å². The molecular formula is C14H18N2O3S. The number of nitriles is 1. The highest BCUT2D eigenvalue weighted by Crippen LogP contribution is 2.25. The smallest absolute Gasteiger partial charge is 0.267 e. The minimum atomic E-state index is -4.03. The number of rotatable bonds is 2. The molecule has 0 aliphatic heterocycles. The van der Waals surface area contributed by atoms with Crippen LogP contribution in [-0.2, 0) is 14.8 Å². The van der Waals surface area contributed by atoms with Gasteiger partial charge in [0.2, 0.25) is 5.91 Å². The van der Waals surface area contributed by atoms with Crippen LogP contribution in [-0.4, -0.2) is 25.7 Å². The van der Waals surface area contributed by atoms with Crippen LogP contribution in [0.4, 0.5) is 0 Å². The van der Waals surface area contributed by atoms with Crippen molar-refractivity contribution in [3.63, 3.8) is 0 Å². The van der Waals surface area contributed by atoms with Crippen molar-refractivity contribution in [1.29, 1.82) is 5.26 Å². The molecule has 0 bridgehead atoms. The van der Waals surface area contributed by atoms with E-state index in [-0.39, 0.29) is 10.5 Å². The summed E-state index contributed by atoms with van der Waals surface area (Å²) in [7, 11) is -2.81. The summed E-state index contributed by atoms with van der Waals surface area (Å²) in [6.45, 7) is 6.58. The first-order valence-electron chi connectivity index (χ1n) is 6.06. The van der Waals surface area contributed by atoms with E-state index < -0.39 is 21.3 Å². The van der Waals surface area contributed by atoms with E-state index in [1.165, 1.54) is 13.1 Å². The van der Waals surface area contributed by atoms with E-state index in [9.17, 15) is 13.2 Å². The van der Waals surface area contributed by atoms with E-state index in [2.05, 4.69) is 0 Å². The maximum absolute atomic E-state index is 12.5. The summed E-state index contributed by atoms with van der Waals surface area (Å²) in [5.41, 5.74) is -0.190. The van der Waals surface area contributed by atoms with Crippen LogP contribution in [0.15, 0.2) is 23.1 Å². The summed E-state index contributed by atoms with van der Waals surface area (Å²) in [6, 6.07) is 6.44. The SMILES string of the molecule is Cc1cccc(S(=O)(=O)N(C)C(=O)C(C)(C)C)c1C#N. The van der Waals surface area contributed by atoms with Gasteiger partial charge in [0.1, 0.15) is 11.0 Å². The van der Waals surface area contributed by atoms with Gasteiger partial charge in [0.25, 0.3) is 10.0 Å². The zero-order valence-corrected chi connectivity index (χ0v) is 13.1. The van der Waals surface area contributed by atoms with Gasteiger partial charge in [-0.1, -0.05) is 32.9 Å². The Balaban J connectivity index is 3.44. The highest BCUT2D eigenvalue weighted by molar-refractivity contribution is 7.89. The first-order valence-corrected chi connectivity index (χ1v) is 7.50. The van der Waals surface area contributed by atoms with Crippen LogP contribution in [0.1, 0.15) is 31.9 Å². The molecule has 0 heterocycles. The van der Waals surface area contributed by atoms with E-state index >= 15 is 0 Å². The van der Waals surface area contributed by atoms with Gasteiger partial charge in [0.15, 0.2) is 0 Å². The van der Waals surface area contributed by atoms with Crippen molar-refractivity contribution >= 4 is 15.9 Å². The zero-order chi connectivity index (χ0) is 15.7. The summed E-state index contributed by atoms with van der Waals surface area (Å²) < 4.78 is 25.7. The molecule has 1 rings (SSSR count). The molecule has 0 radical (unpaired) electrons. The molecule has 1 aromatic carbocycles. The Morgan fingerprint density at radius 2 is 1.85 bits per heavy atom. The fourth-order valence-electron chi connectivity index (χ4n) is 1.73. The quantitative estimate of drug-likeness (QED) is 0.836. The van der Waals surface area contributed by atoms with E-state index in [4.69, 9.17) is 5.26 Å². The molecule has 0 unspecified atom stereocenters. The lowest BCUT2D eigenvalue weighted by Gasteiger charge is -2.26. The van der Waals surface area contributed by atoms with Gasteiger partial charge < -0.3 is 0 Å². The summed E-state index contributed by atoms with van der Waals surface area (Å²) >= 11 is 0. The number of carbonyl (C=O) groups is 1. The second-order valence-corrected chi connectivity index (χ2v) is 7.53. The van der Waals surface area contributed by atoms with E-state index in [1.54, 1.807) is 39.8 Å². The molecule has 5 nitrogen and oxygen atoms in total. The first-order chi connectivity index (χ1) is 9.03. The lowest BCUT2D eigenvalue weighted by atomic mass is 9.96. The van der Waals surface area contributed by atoms with Gasteiger partial charge in [-0.05, 0) is 18.6 Å². The molecule has 0 aliphatic carbocycles. The maximum Gasteiger partial charge on any atom is 0.267 e. The Kier molecular flexibility index (Phi) is 4.25. The van der Waals surface area contributed by atoms with E-state index in [1.807, 2.05) is 6.07 Å². The van der Waals surface area contributed by atoms with E-state index in [0.717, 1.165) is 0 Å². The van der Waals surface area contributed by atoms with E-state index in [0.29, 0.717) is 9.87 Å². The van der Waals surface area contributed by atoms with Gasteiger partial charge in [0.05, 0.1) is 5.56 Å². The minimum Gasteiger partial charge on any atom is -0.273 e. The zero-order valence-electron chi connectivity index (χ0n) is 12.3. The molecule has 0 aliphatic rings. The van der Waals surface area contributed by atoms with Gasteiger partial charge in [-0.2, -0.15) is 5.26 Å². The minimum absolute atomic E-state index is 0.0704. The normalized spacial score (nSPS) is 11.8. The Morgan fingerprint density at radius 3 is 2.30 bits per heavy atom. The largest absolute Gasteiger partial charge is 0.273 e. The number of hydrogen-bond acceptors (Lipinski definition) is 4. The standard InChI is InChI=1S/C14H18N2O3S/c1-10-7-6-8-12(11(10)9-15)20(18,19)16(5)13(17)14(2,3)4/h6-8H,1-5H3. The van der Waals surface area contributed by atoms with Gasteiger partial charge in [-0.15, -0.1) is 0 Å². The molecule has 20 heavy (non-hydrogen) atoms. The molecule has 108 valence electrons. The lowest BCUT2D eigenvalue weighted by Crippen LogP contribution is -2.40. The number of nitrogens with zero attached hydrogens (tertiary/aromatic N) is 2. The topological polar surface area (TPSA) is 78.2 Å². The summed E-state index contributed by atoms with van der Waals surface area (Å²) in [5, 5.41) is 9.12. The average molecular weight is 294 g/mol. The number of hydrogen-bond donors (Lipinski definition) is 0. The van der Waals surface area contributed by atoms with Gasteiger partial charge in [-0.3, -0.25) is 4.79 Å². The molecule has 0 spiro atoms. The molecule has 1 amide bonds. The monoisotopic (exact) mass is 294 g/mol. The van der Waals surface area contributed by atoms with Crippen LogP contribution in [0, 0.1) is 23.7 Å². The van der Waals surface area contributed by atoms with Crippen LogP contribution in [0.3, 0.4) is 0 Å². The van der Waals surface area contributed by atoms with Gasteiger partial charge in [-0.25, -0.2) is 12.7 Å². The second kappa shape index (κ2) is 5.25. The highest BCUT2D eigenvalue weighted by Gasteiger charge is 2.34. The number of benzene rings is 1. The molecule has 0 aromatic heterocycles. The Morgan fingerprint density at radius 1 is 1.30 bits per heavy atom. The van der Waals surface area contributed by atoms with Crippen molar-refractivity contribution < 1.29 is 13.2 Å². The number of aryl methyl sites for hydroxylation is 1. The highest BCUT2D eigenvalue weighted by atomic mass is 32.2. The molecule has 0 N–H and O–H groups in total. The fourth-order valence-corrected chi connectivity index (χ4v) is 3.23. The summed E-state index contributed by atoms with van der Waals surface area (Å²) in [6.07, 6.45) is 0. The average Bonchev–Trinajstić information content (AvgIpc) is 2.35. The van der Waals surface area contributed by atoms with Crippen molar-refractivity contribution in [2.75, 3.05) is 7.05 Å². The van der Waals surface area contributed by atoms with Crippen molar-refractivity contribution in [3.05, 3.63) is 29.3 Å². The number of carbonyl (C=O) groups excluding carboxylic acids is 1. The predicted octanol–water partition coefficient (Wildman–Crippen LogP) is 2.06. The fraction of sp³-hybridized carbons (Fsp3) is 0.429. The third-order valence-corrected chi connectivity index (χ3v) is 4.70. The van der Waals surface area contributed by atoms with Gasteiger partial charge in [0, 0.05) is 12.5 Å². The third-order valence-electron chi connectivity index (χ3n) is 2.91. The summed E-state index contributed by atoms with van der Waals surface area (Å²) in [4.78, 5) is 12.0. The van der Waals surface area contributed by atoms with Crippen molar-refractivity contribution in [1.82, 2.24) is 4.31 Å². The lowest BCUT2D eigenvalue weighted by molar-refractivity contribution is -0.133. The molecular weight excluding hydrogens is 276 g/mol. The van der Waals surface area contributed by atoms with Crippen molar-refractivity contribution in [2.45, 2.75) is 32.6 Å². The molecule has 1 aromatic rings. The van der Waals surface area contributed by atoms with Crippen LogP contribution in [0.5, 0.6) is 0 Å². The second-order valence-electron chi connectivity index (χ2n) is 5.59. The number of sulfonamides is 1. The molecule has 0 saturated heterocycles. The predicted molar refractivity (Wildman–Crippen MR) is 75.3 cm³/mol. The van der Waals surface area contributed by atoms with Crippen LogP contribution >= 0.6 is 0 Å². The van der Waals surface area contributed by atoms with Crippen molar-refractivity contribution in [2.24, 2.45) is 5.41 Å². The third kappa shape index (κ3) is 2.83. The molecule has 0 fully saturated rings. The Hall–Kier alpha value is -1.87. The Bertz CT molecular complexity index is 679. The maximum atomic E-state index is 12.5. The van der Waals surface area contributed by atoms with Crippen LogP contribution in [0.25, 0.3) is 0 Å². The van der Waals surface area contributed by atoms with Crippen LogP contribution in [0.2, 0.25) is 0 Å². The molecule has 0 atom stereocenters.